The Morgan fingerprint density at radius 3 is 2.11 bits per heavy atom. The molecule has 0 saturated heterocycles. The number of furan rings is 1. The SMILES string of the molecule is COc1cccc(OC)c1C(N)c1ccc(C)o1. The highest BCUT2D eigenvalue weighted by atomic mass is 16.5. The molecule has 0 amide bonds. The lowest BCUT2D eigenvalue weighted by Gasteiger charge is -2.17. The van der Waals surface area contributed by atoms with Gasteiger partial charge in [0.25, 0.3) is 0 Å². The van der Waals surface area contributed by atoms with Crippen molar-refractivity contribution in [2.75, 3.05) is 14.2 Å². The van der Waals surface area contributed by atoms with E-state index in [0.717, 1.165) is 11.3 Å². The molecule has 0 saturated carbocycles. The molecule has 1 atom stereocenters. The van der Waals surface area contributed by atoms with Crippen LogP contribution in [0.3, 0.4) is 0 Å². The van der Waals surface area contributed by atoms with Gasteiger partial charge in [-0.3, -0.25) is 0 Å². The molecule has 96 valence electrons. The summed E-state index contributed by atoms with van der Waals surface area (Å²) in [6, 6.07) is 8.91. The first-order chi connectivity index (χ1) is 8.67. The van der Waals surface area contributed by atoms with Crippen molar-refractivity contribution in [1.82, 2.24) is 0 Å². The van der Waals surface area contributed by atoms with E-state index in [4.69, 9.17) is 19.6 Å². The largest absolute Gasteiger partial charge is 0.496 e. The summed E-state index contributed by atoms with van der Waals surface area (Å²) >= 11 is 0. The Balaban J connectivity index is 2.48. The minimum atomic E-state index is -0.412. The van der Waals surface area contributed by atoms with Crippen LogP contribution < -0.4 is 15.2 Å². The maximum absolute atomic E-state index is 6.23. The van der Waals surface area contributed by atoms with Crippen LogP contribution in [0.1, 0.15) is 23.1 Å². The van der Waals surface area contributed by atoms with Crippen LogP contribution in [0.25, 0.3) is 0 Å². The third kappa shape index (κ3) is 2.19. The van der Waals surface area contributed by atoms with E-state index in [2.05, 4.69) is 0 Å². The van der Waals surface area contributed by atoms with Crippen molar-refractivity contribution in [3.63, 3.8) is 0 Å². The zero-order valence-corrected chi connectivity index (χ0v) is 10.8. The normalized spacial score (nSPS) is 12.2. The van der Waals surface area contributed by atoms with Gasteiger partial charge in [0.15, 0.2) is 0 Å². The van der Waals surface area contributed by atoms with Gasteiger partial charge in [-0.05, 0) is 31.2 Å². The molecule has 2 aromatic rings. The van der Waals surface area contributed by atoms with Gasteiger partial charge in [0.1, 0.15) is 23.0 Å². The Hall–Kier alpha value is -1.94. The number of ether oxygens (including phenoxy) is 2. The quantitative estimate of drug-likeness (QED) is 0.902. The van der Waals surface area contributed by atoms with Gasteiger partial charge in [-0.25, -0.2) is 0 Å². The summed E-state index contributed by atoms with van der Waals surface area (Å²) < 4.78 is 16.2. The highest BCUT2D eigenvalue weighted by Crippen LogP contribution is 2.36. The molecule has 0 aliphatic rings. The van der Waals surface area contributed by atoms with Crippen molar-refractivity contribution in [2.24, 2.45) is 5.73 Å². The molecular formula is C14H17NO3. The minimum Gasteiger partial charge on any atom is -0.496 e. The summed E-state index contributed by atoms with van der Waals surface area (Å²) in [5.41, 5.74) is 7.02. The van der Waals surface area contributed by atoms with Crippen LogP contribution in [0.2, 0.25) is 0 Å². The summed E-state index contributed by atoms with van der Waals surface area (Å²) in [6.45, 7) is 1.88. The number of methoxy groups -OCH3 is 2. The van der Waals surface area contributed by atoms with E-state index in [1.165, 1.54) is 0 Å². The van der Waals surface area contributed by atoms with E-state index in [0.29, 0.717) is 17.3 Å². The lowest BCUT2D eigenvalue weighted by atomic mass is 10.0. The molecule has 0 bridgehead atoms. The van der Waals surface area contributed by atoms with E-state index >= 15 is 0 Å². The minimum absolute atomic E-state index is 0.412. The fraction of sp³-hybridized carbons (Fsp3) is 0.286. The van der Waals surface area contributed by atoms with Crippen LogP contribution in [0.4, 0.5) is 0 Å². The Morgan fingerprint density at radius 2 is 1.67 bits per heavy atom. The van der Waals surface area contributed by atoms with Crippen molar-refractivity contribution in [1.29, 1.82) is 0 Å². The Labute approximate surface area is 106 Å². The fourth-order valence-electron chi connectivity index (χ4n) is 1.95. The molecule has 0 spiro atoms. The number of hydrogen-bond donors (Lipinski definition) is 1. The predicted molar refractivity (Wildman–Crippen MR) is 69.0 cm³/mol. The number of aryl methyl sites for hydroxylation is 1. The molecule has 1 aromatic heterocycles. The molecule has 18 heavy (non-hydrogen) atoms. The van der Waals surface area contributed by atoms with E-state index in [1.54, 1.807) is 14.2 Å². The number of benzene rings is 1. The maximum atomic E-state index is 6.23. The van der Waals surface area contributed by atoms with Crippen molar-refractivity contribution < 1.29 is 13.9 Å². The summed E-state index contributed by atoms with van der Waals surface area (Å²) in [5.74, 6) is 2.90. The highest BCUT2D eigenvalue weighted by Gasteiger charge is 2.21. The summed E-state index contributed by atoms with van der Waals surface area (Å²) in [7, 11) is 3.22. The molecule has 1 unspecified atom stereocenters. The summed E-state index contributed by atoms with van der Waals surface area (Å²) in [6.07, 6.45) is 0. The summed E-state index contributed by atoms with van der Waals surface area (Å²) in [4.78, 5) is 0. The van der Waals surface area contributed by atoms with Crippen LogP contribution in [0.5, 0.6) is 11.5 Å². The third-order valence-corrected chi connectivity index (χ3v) is 2.84. The first-order valence-corrected chi connectivity index (χ1v) is 5.70. The Morgan fingerprint density at radius 1 is 1.06 bits per heavy atom. The molecule has 2 N–H and O–H groups in total. The molecule has 1 heterocycles. The predicted octanol–water partition coefficient (Wildman–Crippen LogP) is 2.65. The number of nitrogens with two attached hydrogens (primary N) is 1. The smallest absolute Gasteiger partial charge is 0.127 e. The molecular weight excluding hydrogens is 230 g/mol. The first-order valence-electron chi connectivity index (χ1n) is 5.70. The van der Waals surface area contributed by atoms with E-state index < -0.39 is 6.04 Å². The maximum Gasteiger partial charge on any atom is 0.127 e. The Kier molecular flexibility index (Phi) is 3.58. The Bertz CT molecular complexity index is 511. The van der Waals surface area contributed by atoms with Gasteiger partial charge >= 0.3 is 0 Å². The van der Waals surface area contributed by atoms with Gasteiger partial charge in [-0.15, -0.1) is 0 Å². The molecule has 0 radical (unpaired) electrons. The topological polar surface area (TPSA) is 57.6 Å². The fourth-order valence-corrected chi connectivity index (χ4v) is 1.95. The van der Waals surface area contributed by atoms with E-state index in [-0.39, 0.29) is 0 Å². The monoisotopic (exact) mass is 247 g/mol. The molecule has 4 nitrogen and oxygen atoms in total. The molecule has 1 aromatic carbocycles. The van der Waals surface area contributed by atoms with Gasteiger partial charge in [-0.1, -0.05) is 6.07 Å². The molecule has 2 rings (SSSR count). The molecule has 0 fully saturated rings. The van der Waals surface area contributed by atoms with Gasteiger partial charge in [0.2, 0.25) is 0 Å². The number of rotatable bonds is 4. The molecule has 4 heteroatoms. The van der Waals surface area contributed by atoms with Gasteiger partial charge in [0, 0.05) is 0 Å². The van der Waals surface area contributed by atoms with E-state index in [1.807, 2.05) is 37.3 Å². The van der Waals surface area contributed by atoms with E-state index in [9.17, 15) is 0 Å². The van der Waals surface area contributed by atoms with Crippen molar-refractivity contribution in [2.45, 2.75) is 13.0 Å². The third-order valence-electron chi connectivity index (χ3n) is 2.84. The molecule has 0 aliphatic carbocycles. The average molecular weight is 247 g/mol. The zero-order chi connectivity index (χ0) is 13.1. The van der Waals surface area contributed by atoms with Crippen molar-refractivity contribution in [3.05, 3.63) is 47.4 Å². The van der Waals surface area contributed by atoms with Gasteiger partial charge in [-0.2, -0.15) is 0 Å². The van der Waals surface area contributed by atoms with Crippen LogP contribution in [0.15, 0.2) is 34.7 Å². The zero-order valence-electron chi connectivity index (χ0n) is 10.8. The van der Waals surface area contributed by atoms with Crippen LogP contribution in [-0.2, 0) is 0 Å². The van der Waals surface area contributed by atoms with Crippen LogP contribution in [0, 0.1) is 6.92 Å². The lowest BCUT2D eigenvalue weighted by Crippen LogP contribution is -2.13. The average Bonchev–Trinajstić information content (AvgIpc) is 2.83. The summed E-state index contributed by atoms with van der Waals surface area (Å²) in [5, 5.41) is 0. The second-order valence-corrected chi connectivity index (χ2v) is 4.00. The second-order valence-electron chi connectivity index (χ2n) is 4.00. The lowest BCUT2D eigenvalue weighted by molar-refractivity contribution is 0.375. The van der Waals surface area contributed by atoms with Gasteiger partial charge in [0.05, 0.1) is 25.8 Å². The molecule has 0 aliphatic heterocycles. The highest BCUT2D eigenvalue weighted by molar-refractivity contribution is 5.49. The number of hydrogen-bond acceptors (Lipinski definition) is 4. The first kappa shape index (κ1) is 12.5. The van der Waals surface area contributed by atoms with Crippen LogP contribution >= 0.6 is 0 Å². The second kappa shape index (κ2) is 5.14. The van der Waals surface area contributed by atoms with Crippen molar-refractivity contribution >= 4 is 0 Å². The van der Waals surface area contributed by atoms with Gasteiger partial charge < -0.3 is 19.6 Å². The standard InChI is InChI=1S/C14H17NO3/c1-9-7-8-12(18-9)14(15)13-10(16-2)5-4-6-11(13)17-3/h4-8,14H,15H2,1-3H3. The van der Waals surface area contributed by atoms with Crippen LogP contribution in [-0.4, -0.2) is 14.2 Å². The van der Waals surface area contributed by atoms with Crippen molar-refractivity contribution in [3.8, 4) is 11.5 Å².